The normalized spacial score (nSPS) is 15.1. The molecule has 1 fully saturated rings. The van der Waals surface area contributed by atoms with Crippen LogP contribution in [-0.2, 0) is 4.74 Å². The van der Waals surface area contributed by atoms with Crippen LogP contribution in [-0.4, -0.2) is 65.0 Å². The summed E-state index contributed by atoms with van der Waals surface area (Å²) in [6.07, 6.45) is 0.884. The first-order valence-electron chi connectivity index (χ1n) is 11.0. The van der Waals surface area contributed by atoms with E-state index in [1.165, 1.54) is 0 Å². The molecule has 8 heteroatoms. The van der Waals surface area contributed by atoms with Gasteiger partial charge in [0.05, 0.1) is 29.1 Å². The standard InChI is InChI=1S/C23H31N5O2S/c1-16(2)28-19(15-18(4)25-28)22(29)27(10-6-9-26-11-13-30-14-12-26)23-24-21-17(3)7-5-8-20(21)31-23/h5,7-8,15-16H,6,9-14H2,1-4H3. The van der Waals surface area contributed by atoms with Gasteiger partial charge >= 0.3 is 0 Å². The Balaban J connectivity index is 1.63. The van der Waals surface area contributed by atoms with E-state index in [0.29, 0.717) is 12.2 Å². The van der Waals surface area contributed by atoms with Crippen LogP contribution in [0.1, 0.15) is 48.1 Å². The summed E-state index contributed by atoms with van der Waals surface area (Å²) in [5.74, 6) is -0.0343. The second-order valence-corrected chi connectivity index (χ2v) is 9.40. The first-order valence-corrected chi connectivity index (χ1v) is 11.8. The van der Waals surface area contributed by atoms with Crippen molar-refractivity contribution in [3.63, 3.8) is 0 Å². The number of para-hydroxylation sites is 1. The van der Waals surface area contributed by atoms with Crippen molar-refractivity contribution in [2.45, 2.75) is 40.2 Å². The maximum absolute atomic E-state index is 13.7. The second-order valence-electron chi connectivity index (χ2n) is 8.39. The highest BCUT2D eigenvalue weighted by Gasteiger charge is 2.26. The third kappa shape index (κ3) is 4.81. The third-order valence-corrected chi connectivity index (χ3v) is 6.66. The van der Waals surface area contributed by atoms with Crippen molar-refractivity contribution in [1.29, 1.82) is 0 Å². The fourth-order valence-electron chi connectivity index (χ4n) is 3.96. The smallest absolute Gasteiger partial charge is 0.278 e. The minimum atomic E-state index is -0.0343. The van der Waals surface area contributed by atoms with Crippen LogP contribution in [0.15, 0.2) is 24.3 Å². The summed E-state index contributed by atoms with van der Waals surface area (Å²) < 4.78 is 8.38. The predicted molar refractivity (Wildman–Crippen MR) is 125 cm³/mol. The van der Waals surface area contributed by atoms with E-state index in [-0.39, 0.29) is 11.9 Å². The van der Waals surface area contributed by atoms with Gasteiger partial charge in [-0.3, -0.25) is 19.3 Å². The summed E-state index contributed by atoms with van der Waals surface area (Å²) in [7, 11) is 0. The maximum atomic E-state index is 13.7. The van der Waals surface area contributed by atoms with E-state index < -0.39 is 0 Å². The monoisotopic (exact) mass is 441 g/mol. The van der Waals surface area contributed by atoms with Crippen molar-refractivity contribution in [3.05, 3.63) is 41.2 Å². The number of aromatic nitrogens is 3. The predicted octanol–water partition coefficient (Wildman–Crippen LogP) is 4.06. The van der Waals surface area contributed by atoms with E-state index in [0.717, 1.165) is 65.9 Å². The lowest BCUT2D eigenvalue weighted by molar-refractivity contribution is 0.0376. The molecule has 0 radical (unpaired) electrons. The number of thiazole rings is 1. The molecule has 1 aliphatic heterocycles. The first-order chi connectivity index (χ1) is 14.9. The van der Waals surface area contributed by atoms with Crippen LogP contribution in [0.3, 0.4) is 0 Å². The Morgan fingerprint density at radius 1 is 1.26 bits per heavy atom. The van der Waals surface area contributed by atoms with E-state index in [2.05, 4.69) is 29.1 Å². The largest absolute Gasteiger partial charge is 0.379 e. The molecule has 166 valence electrons. The molecule has 0 aliphatic carbocycles. The summed E-state index contributed by atoms with van der Waals surface area (Å²) in [6.45, 7) is 13.1. The SMILES string of the molecule is Cc1cc(C(=O)N(CCCN2CCOCC2)c2nc3c(C)cccc3s2)n(C(C)C)n1. The minimum absolute atomic E-state index is 0.0343. The molecule has 4 rings (SSSR count). The van der Waals surface area contributed by atoms with Gasteiger partial charge in [-0.05, 0) is 51.8 Å². The molecule has 0 unspecified atom stereocenters. The fraction of sp³-hybridized carbons (Fsp3) is 0.522. The highest BCUT2D eigenvalue weighted by molar-refractivity contribution is 7.22. The number of benzene rings is 1. The fourth-order valence-corrected chi connectivity index (χ4v) is 5.03. The van der Waals surface area contributed by atoms with E-state index in [9.17, 15) is 4.79 Å². The van der Waals surface area contributed by atoms with Crippen molar-refractivity contribution < 1.29 is 9.53 Å². The van der Waals surface area contributed by atoms with E-state index >= 15 is 0 Å². The molecule has 31 heavy (non-hydrogen) atoms. The Morgan fingerprint density at radius 2 is 2.03 bits per heavy atom. The number of fused-ring (bicyclic) bond motifs is 1. The maximum Gasteiger partial charge on any atom is 0.278 e. The number of anilines is 1. The summed E-state index contributed by atoms with van der Waals surface area (Å²) in [4.78, 5) is 22.8. The number of hydrogen-bond donors (Lipinski definition) is 0. The Morgan fingerprint density at radius 3 is 2.74 bits per heavy atom. The van der Waals surface area contributed by atoms with Crippen LogP contribution >= 0.6 is 11.3 Å². The lowest BCUT2D eigenvalue weighted by atomic mass is 10.2. The van der Waals surface area contributed by atoms with Crippen LogP contribution in [0.2, 0.25) is 0 Å². The summed E-state index contributed by atoms with van der Waals surface area (Å²) in [5.41, 5.74) is 3.58. The molecule has 1 amide bonds. The van der Waals surface area contributed by atoms with E-state index in [1.54, 1.807) is 11.3 Å². The number of hydrogen-bond acceptors (Lipinski definition) is 6. The zero-order valence-electron chi connectivity index (χ0n) is 18.8. The third-order valence-electron chi connectivity index (χ3n) is 5.61. The molecule has 1 aliphatic rings. The summed E-state index contributed by atoms with van der Waals surface area (Å²) >= 11 is 1.58. The lowest BCUT2D eigenvalue weighted by Gasteiger charge is -2.28. The van der Waals surface area contributed by atoms with Gasteiger partial charge in [0.25, 0.3) is 5.91 Å². The van der Waals surface area contributed by atoms with Crippen molar-refractivity contribution in [2.24, 2.45) is 0 Å². The minimum Gasteiger partial charge on any atom is -0.379 e. The van der Waals surface area contributed by atoms with Gasteiger partial charge in [0.1, 0.15) is 5.69 Å². The Hall–Kier alpha value is -2.29. The molecule has 0 bridgehead atoms. The van der Waals surface area contributed by atoms with Gasteiger partial charge < -0.3 is 4.74 Å². The van der Waals surface area contributed by atoms with Crippen LogP contribution in [0, 0.1) is 13.8 Å². The number of aryl methyl sites for hydroxylation is 2. The van der Waals surface area contributed by atoms with Gasteiger partial charge in [-0.15, -0.1) is 0 Å². The number of nitrogens with zero attached hydrogens (tertiary/aromatic N) is 5. The van der Waals surface area contributed by atoms with Crippen molar-refractivity contribution in [3.8, 4) is 0 Å². The van der Waals surface area contributed by atoms with Gasteiger partial charge in [-0.1, -0.05) is 23.5 Å². The number of ether oxygens (including phenoxy) is 1. The Labute approximate surface area is 187 Å². The molecular weight excluding hydrogens is 410 g/mol. The second kappa shape index (κ2) is 9.46. The van der Waals surface area contributed by atoms with Crippen molar-refractivity contribution in [2.75, 3.05) is 44.3 Å². The van der Waals surface area contributed by atoms with Gasteiger partial charge in [0, 0.05) is 32.2 Å². The molecule has 2 aromatic heterocycles. The number of carbonyl (C=O) groups excluding carboxylic acids is 1. The Bertz CT molecular complexity index is 1050. The molecule has 7 nitrogen and oxygen atoms in total. The average molecular weight is 442 g/mol. The van der Waals surface area contributed by atoms with Gasteiger partial charge in [0.15, 0.2) is 5.13 Å². The molecule has 3 aromatic rings. The molecule has 0 saturated carbocycles. The van der Waals surface area contributed by atoms with Crippen LogP contribution in [0.25, 0.3) is 10.2 Å². The lowest BCUT2D eigenvalue weighted by Crippen LogP contribution is -2.39. The van der Waals surface area contributed by atoms with Crippen molar-refractivity contribution in [1.82, 2.24) is 19.7 Å². The van der Waals surface area contributed by atoms with Crippen LogP contribution < -0.4 is 4.90 Å². The van der Waals surface area contributed by atoms with Gasteiger partial charge in [0.2, 0.25) is 0 Å². The molecule has 0 atom stereocenters. The zero-order chi connectivity index (χ0) is 22.0. The molecule has 1 aromatic carbocycles. The zero-order valence-corrected chi connectivity index (χ0v) is 19.6. The molecular formula is C23H31N5O2S. The first kappa shape index (κ1) is 21.9. The number of amides is 1. The highest BCUT2D eigenvalue weighted by atomic mass is 32.1. The van der Waals surface area contributed by atoms with Crippen LogP contribution in [0.4, 0.5) is 5.13 Å². The number of morpholine rings is 1. The number of rotatable bonds is 7. The summed E-state index contributed by atoms with van der Waals surface area (Å²) in [6, 6.07) is 8.17. The van der Waals surface area contributed by atoms with Crippen molar-refractivity contribution >= 4 is 32.6 Å². The highest BCUT2D eigenvalue weighted by Crippen LogP contribution is 2.32. The van der Waals surface area contributed by atoms with E-state index in [4.69, 9.17) is 9.72 Å². The topological polar surface area (TPSA) is 63.5 Å². The van der Waals surface area contributed by atoms with Crippen LogP contribution in [0.5, 0.6) is 0 Å². The molecule has 0 spiro atoms. The average Bonchev–Trinajstić information content (AvgIpc) is 3.36. The molecule has 3 heterocycles. The molecule has 0 N–H and O–H groups in total. The summed E-state index contributed by atoms with van der Waals surface area (Å²) in [5, 5.41) is 5.30. The van der Waals surface area contributed by atoms with E-state index in [1.807, 2.05) is 42.5 Å². The molecule has 1 saturated heterocycles. The Kier molecular flexibility index (Phi) is 6.69. The van der Waals surface area contributed by atoms with Gasteiger partial charge in [-0.25, -0.2) is 4.98 Å². The quantitative estimate of drug-likeness (QED) is 0.553. The van der Waals surface area contributed by atoms with Gasteiger partial charge in [-0.2, -0.15) is 5.10 Å². The number of carbonyl (C=O) groups is 1.